The van der Waals surface area contributed by atoms with Gasteiger partial charge >= 0.3 is 29.6 Å². The van der Waals surface area contributed by atoms with E-state index in [9.17, 15) is 19.8 Å². The molecule has 0 spiro atoms. The Labute approximate surface area is 185 Å². The maximum absolute atomic E-state index is 12.0. The molecule has 0 aliphatic carbocycles. The number of aromatic hydroxyl groups is 1. The third-order valence-electron chi connectivity index (χ3n) is 4.50. The Kier molecular flexibility index (Phi) is 15.3. The number of carboxylic acids is 1. The second-order valence-corrected chi connectivity index (χ2v) is 6.89. The first-order chi connectivity index (χ1) is 12.5. The van der Waals surface area contributed by atoms with Crippen molar-refractivity contribution in [2.75, 3.05) is 0 Å². The summed E-state index contributed by atoms with van der Waals surface area (Å²) in [6, 6.07) is 5.21. The molecule has 0 aliphatic rings. The summed E-state index contributed by atoms with van der Waals surface area (Å²) < 4.78 is 0. The molecule has 0 bridgehead atoms. The van der Waals surface area contributed by atoms with Gasteiger partial charge in [-0.1, -0.05) is 70.4 Å². The summed E-state index contributed by atoms with van der Waals surface area (Å²) in [6.07, 6.45) is 11.0. The van der Waals surface area contributed by atoms with Crippen molar-refractivity contribution in [1.29, 1.82) is 0 Å². The Bertz CT molecular complexity index is 533. The summed E-state index contributed by atoms with van der Waals surface area (Å²) in [6.45, 7) is 2.21. The van der Waals surface area contributed by atoms with Crippen LogP contribution in [-0.2, 0) is 16.0 Å². The number of phenols is 1. The van der Waals surface area contributed by atoms with Crippen LogP contribution >= 0.6 is 0 Å². The zero-order chi connectivity index (χ0) is 19.2. The number of carbonyl (C=O) groups is 2. The van der Waals surface area contributed by atoms with Gasteiger partial charge in [-0.2, -0.15) is 0 Å². The molecule has 6 heteroatoms. The van der Waals surface area contributed by atoms with E-state index in [1.807, 2.05) is 0 Å². The van der Waals surface area contributed by atoms with Crippen molar-refractivity contribution in [3.05, 3.63) is 29.8 Å². The maximum Gasteiger partial charge on any atom is 1.00 e. The normalized spacial score (nSPS) is 11.4. The Hall–Kier alpha value is -1.04. The molecule has 0 unspecified atom stereocenters. The average molecular weight is 385 g/mol. The maximum atomic E-state index is 12.0. The van der Waals surface area contributed by atoms with Gasteiger partial charge in [-0.25, -0.2) is 0 Å². The molecular weight excluding hydrogens is 353 g/mol. The Morgan fingerprint density at radius 1 is 0.963 bits per heavy atom. The average Bonchev–Trinajstić information content (AvgIpc) is 2.61. The number of hydrogen-bond donors (Lipinski definition) is 2. The number of phenolic OH excluding ortho intramolecular Hbond substituents is 1. The van der Waals surface area contributed by atoms with Crippen molar-refractivity contribution in [3.8, 4) is 5.75 Å². The number of aliphatic carboxylic acids is 1. The molecule has 1 rings (SSSR count). The van der Waals surface area contributed by atoms with Crippen LogP contribution in [0.1, 0.15) is 76.7 Å². The molecule has 0 aliphatic heterocycles. The predicted molar refractivity (Wildman–Crippen MR) is 101 cm³/mol. The molecule has 2 N–H and O–H groups in total. The van der Waals surface area contributed by atoms with Crippen LogP contribution in [-0.4, -0.2) is 23.0 Å². The minimum Gasteiger partial charge on any atom is -0.548 e. The fourth-order valence-electron chi connectivity index (χ4n) is 2.92. The molecule has 0 saturated carbocycles. The van der Waals surface area contributed by atoms with Gasteiger partial charge in [0.15, 0.2) is 0 Å². The number of amides is 1. The molecule has 0 heterocycles. The van der Waals surface area contributed by atoms with Crippen molar-refractivity contribution in [3.63, 3.8) is 0 Å². The van der Waals surface area contributed by atoms with Gasteiger partial charge in [-0.3, -0.25) is 4.79 Å². The topological polar surface area (TPSA) is 89.5 Å². The molecular formula is C21H32NNaO4. The van der Waals surface area contributed by atoms with Crippen molar-refractivity contribution in [1.82, 2.24) is 5.32 Å². The van der Waals surface area contributed by atoms with Crippen molar-refractivity contribution in [2.24, 2.45) is 0 Å². The number of hydrogen-bond acceptors (Lipinski definition) is 4. The van der Waals surface area contributed by atoms with E-state index in [4.69, 9.17) is 0 Å². The van der Waals surface area contributed by atoms with Crippen LogP contribution in [0.4, 0.5) is 0 Å². The first kappa shape index (κ1) is 26.0. The van der Waals surface area contributed by atoms with Crippen LogP contribution in [0.15, 0.2) is 24.3 Å². The molecule has 1 aromatic carbocycles. The molecule has 1 aromatic rings. The minimum atomic E-state index is -1.29. The van der Waals surface area contributed by atoms with Crippen molar-refractivity contribution < 1.29 is 49.4 Å². The molecule has 0 fully saturated rings. The van der Waals surface area contributed by atoms with Gasteiger partial charge in [0.25, 0.3) is 0 Å². The summed E-state index contributed by atoms with van der Waals surface area (Å²) in [5, 5.41) is 23.1. The second-order valence-electron chi connectivity index (χ2n) is 6.89. The molecule has 1 amide bonds. The summed E-state index contributed by atoms with van der Waals surface area (Å²) in [5.74, 6) is -1.42. The van der Waals surface area contributed by atoms with E-state index in [0.717, 1.165) is 24.8 Å². The van der Waals surface area contributed by atoms with E-state index in [1.54, 1.807) is 12.1 Å². The van der Waals surface area contributed by atoms with Crippen LogP contribution < -0.4 is 40.0 Å². The summed E-state index contributed by atoms with van der Waals surface area (Å²) in [5.41, 5.74) is 0.723. The fourth-order valence-corrected chi connectivity index (χ4v) is 2.92. The van der Waals surface area contributed by atoms with Crippen molar-refractivity contribution in [2.45, 2.75) is 83.6 Å². The first-order valence-corrected chi connectivity index (χ1v) is 9.81. The number of unbranched alkanes of at least 4 members (excludes halogenated alkanes) is 8. The summed E-state index contributed by atoms with van der Waals surface area (Å²) >= 11 is 0. The molecule has 146 valence electrons. The molecule has 1 atom stereocenters. The summed E-state index contributed by atoms with van der Waals surface area (Å²) in [4.78, 5) is 23.2. The summed E-state index contributed by atoms with van der Waals surface area (Å²) in [7, 11) is 0. The molecule has 27 heavy (non-hydrogen) atoms. The molecule has 0 radical (unpaired) electrons. The Balaban J connectivity index is 0.00000676. The van der Waals surface area contributed by atoms with Gasteiger partial charge in [-0.05, 0) is 30.5 Å². The van der Waals surface area contributed by atoms with Crippen LogP contribution in [0, 0.1) is 0 Å². The van der Waals surface area contributed by atoms with Gasteiger partial charge < -0.3 is 20.3 Å². The molecule has 0 aromatic heterocycles. The fraction of sp³-hybridized carbons (Fsp3) is 0.619. The number of rotatable bonds is 14. The van der Waals surface area contributed by atoms with Gasteiger partial charge in [0.2, 0.25) is 5.91 Å². The van der Waals surface area contributed by atoms with Gasteiger partial charge in [0.1, 0.15) is 5.75 Å². The second kappa shape index (κ2) is 16.0. The van der Waals surface area contributed by atoms with Crippen LogP contribution in [0.3, 0.4) is 0 Å². The SMILES string of the molecule is CCCCCCCCCCCC(=O)N[C@@H](Cc1ccc(O)cc1)C(=O)[O-].[Na+]. The number of benzene rings is 1. The van der Waals surface area contributed by atoms with Crippen LogP contribution in [0.2, 0.25) is 0 Å². The minimum absolute atomic E-state index is 0. The van der Waals surface area contributed by atoms with Gasteiger partial charge in [-0.15, -0.1) is 0 Å². The quantitative estimate of drug-likeness (QED) is 0.351. The number of nitrogens with one attached hydrogen (secondary N) is 1. The van der Waals surface area contributed by atoms with E-state index >= 15 is 0 Å². The Morgan fingerprint density at radius 3 is 2.00 bits per heavy atom. The largest absolute Gasteiger partial charge is 1.00 e. The van der Waals surface area contributed by atoms with E-state index in [-0.39, 0.29) is 47.6 Å². The zero-order valence-corrected chi connectivity index (χ0v) is 18.8. The number of carboxylic acid groups (broad SMARTS) is 1. The van der Waals surface area contributed by atoms with E-state index < -0.39 is 12.0 Å². The Morgan fingerprint density at radius 2 is 1.48 bits per heavy atom. The molecule has 5 nitrogen and oxygen atoms in total. The van der Waals surface area contributed by atoms with Crippen LogP contribution in [0.5, 0.6) is 5.75 Å². The zero-order valence-electron chi connectivity index (χ0n) is 16.8. The first-order valence-electron chi connectivity index (χ1n) is 9.81. The smallest absolute Gasteiger partial charge is 0.548 e. The van der Waals surface area contributed by atoms with Gasteiger partial charge in [0.05, 0.1) is 12.0 Å². The third kappa shape index (κ3) is 12.9. The van der Waals surface area contributed by atoms with E-state index in [1.165, 1.54) is 50.7 Å². The van der Waals surface area contributed by atoms with E-state index in [0.29, 0.717) is 6.42 Å². The standard InChI is InChI=1S/C21H33NO4.Na/c1-2-3-4-5-6-7-8-9-10-11-20(24)22-19(21(25)26)16-17-12-14-18(23)15-13-17;/h12-15,19,23H,2-11,16H2,1H3,(H,22,24)(H,25,26);/q;+1/p-1/t19-;/m0./s1. The van der Waals surface area contributed by atoms with E-state index in [2.05, 4.69) is 12.2 Å². The van der Waals surface area contributed by atoms with Gasteiger partial charge in [0, 0.05) is 6.42 Å². The predicted octanol–water partition coefficient (Wildman–Crippen LogP) is 0.0943. The van der Waals surface area contributed by atoms with Crippen molar-refractivity contribution >= 4 is 11.9 Å². The van der Waals surface area contributed by atoms with Crippen LogP contribution in [0.25, 0.3) is 0 Å². The monoisotopic (exact) mass is 385 g/mol. The third-order valence-corrected chi connectivity index (χ3v) is 4.50. The molecule has 0 saturated heterocycles. The number of carbonyl (C=O) groups excluding carboxylic acids is 2.